The lowest BCUT2D eigenvalue weighted by Crippen LogP contribution is -2.36. The van der Waals surface area contributed by atoms with Gasteiger partial charge in [-0.05, 0) is 37.6 Å². The number of nitrogens with zero attached hydrogens (tertiary/aromatic N) is 1. The molecular formula is C15H23ClN2O. The molecule has 0 radical (unpaired) electrons. The summed E-state index contributed by atoms with van der Waals surface area (Å²) in [5.41, 5.74) is 2.37. The van der Waals surface area contributed by atoms with Crippen molar-refractivity contribution >= 4 is 17.3 Å². The number of morpholine rings is 1. The van der Waals surface area contributed by atoms with Crippen LogP contribution in [0.15, 0.2) is 18.2 Å². The van der Waals surface area contributed by atoms with Crippen LogP contribution in [-0.2, 0) is 4.74 Å². The van der Waals surface area contributed by atoms with Crippen molar-refractivity contribution in [3.63, 3.8) is 0 Å². The van der Waals surface area contributed by atoms with Crippen molar-refractivity contribution in [2.45, 2.75) is 26.3 Å². The summed E-state index contributed by atoms with van der Waals surface area (Å²) >= 11 is 6.42. The van der Waals surface area contributed by atoms with E-state index >= 15 is 0 Å². The predicted molar refractivity (Wildman–Crippen MR) is 81.2 cm³/mol. The van der Waals surface area contributed by atoms with Crippen molar-refractivity contribution in [1.29, 1.82) is 0 Å². The van der Waals surface area contributed by atoms with Gasteiger partial charge in [-0.1, -0.05) is 24.6 Å². The normalized spacial score (nSPS) is 17.5. The number of anilines is 1. The second kappa shape index (κ2) is 7.13. The second-order valence-corrected chi connectivity index (χ2v) is 5.39. The molecule has 1 aliphatic rings. The van der Waals surface area contributed by atoms with Gasteiger partial charge in [0.25, 0.3) is 0 Å². The fourth-order valence-corrected chi connectivity index (χ4v) is 2.69. The van der Waals surface area contributed by atoms with Crippen LogP contribution in [0.25, 0.3) is 0 Å². The lowest BCUT2D eigenvalue weighted by molar-refractivity contribution is 0.122. The molecule has 0 aliphatic carbocycles. The molecule has 1 aromatic rings. The van der Waals surface area contributed by atoms with Gasteiger partial charge in [0.1, 0.15) is 0 Å². The van der Waals surface area contributed by atoms with Crippen molar-refractivity contribution < 1.29 is 4.74 Å². The quantitative estimate of drug-likeness (QED) is 0.897. The molecule has 0 aromatic heterocycles. The zero-order chi connectivity index (χ0) is 13.7. The van der Waals surface area contributed by atoms with Crippen molar-refractivity contribution in [1.82, 2.24) is 5.32 Å². The summed E-state index contributed by atoms with van der Waals surface area (Å²) in [6.07, 6.45) is 1.13. The third-order valence-electron chi connectivity index (χ3n) is 3.53. The second-order valence-electron chi connectivity index (χ2n) is 4.98. The first-order chi connectivity index (χ1) is 9.22. The Kier molecular flexibility index (Phi) is 5.49. The Bertz CT molecular complexity index is 405. The molecule has 2 rings (SSSR count). The van der Waals surface area contributed by atoms with E-state index in [1.165, 1.54) is 11.3 Å². The fraction of sp³-hybridized carbons (Fsp3) is 0.600. The highest BCUT2D eigenvalue weighted by atomic mass is 35.5. The first-order valence-corrected chi connectivity index (χ1v) is 7.45. The Morgan fingerprint density at radius 3 is 2.74 bits per heavy atom. The average Bonchev–Trinajstić information content (AvgIpc) is 2.45. The number of rotatable bonds is 5. The number of nitrogens with one attached hydrogen (secondary N) is 1. The van der Waals surface area contributed by atoms with E-state index < -0.39 is 0 Å². The molecule has 1 aliphatic heterocycles. The molecule has 1 heterocycles. The minimum absolute atomic E-state index is 0.297. The van der Waals surface area contributed by atoms with Crippen LogP contribution >= 0.6 is 11.6 Å². The molecular weight excluding hydrogens is 260 g/mol. The third-order valence-corrected chi connectivity index (χ3v) is 3.85. The number of benzene rings is 1. The van der Waals surface area contributed by atoms with E-state index in [1.54, 1.807) is 0 Å². The molecule has 1 atom stereocenters. The molecule has 0 amide bonds. The van der Waals surface area contributed by atoms with E-state index in [-0.39, 0.29) is 0 Å². The Labute approximate surface area is 120 Å². The maximum Gasteiger partial charge on any atom is 0.0642 e. The van der Waals surface area contributed by atoms with Crippen molar-refractivity contribution in [2.75, 3.05) is 37.7 Å². The van der Waals surface area contributed by atoms with Gasteiger partial charge in [0.2, 0.25) is 0 Å². The highest BCUT2D eigenvalue weighted by molar-refractivity contribution is 6.31. The molecule has 4 heteroatoms. The minimum atomic E-state index is 0.297. The largest absolute Gasteiger partial charge is 0.378 e. The predicted octanol–water partition coefficient (Wildman–Crippen LogP) is 3.24. The number of hydrogen-bond acceptors (Lipinski definition) is 3. The molecule has 1 saturated heterocycles. The van der Waals surface area contributed by atoms with Gasteiger partial charge < -0.3 is 15.0 Å². The highest BCUT2D eigenvalue weighted by Crippen LogP contribution is 2.28. The van der Waals surface area contributed by atoms with Crippen molar-refractivity contribution in [3.05, 3.63) is 28.8 Å². The summed E-state index contributed by atoms with van der Waals surface area (Å²) in [6, 6.07) is 6.68. The van der Waals surface area contributed by atoms with Crippen LogP contribution in [0.4, 0.5) is 5.69 Å². The maximum absolute atomic E-state index is 6.42. The standard InChI is InChI=1S/C15H23ClN2O/c1-3-6-17-12(2)14-5-4-13(11-15(14)16)18-7-9-19-10-8-18/h4-5,11-12,17H,3,6-10H2,1-2H3. The lowest BCUT2D eigenvalue weighted by atomic mass is 10.1. The Balaban J connectivity index is 2.07. The zero-order valence-electron chi connectivity index (χ0n) is 11.8. The molecule has 1 unspecified atom stereocenters. The molecule has 0 spiro atoms. The molecule has 1 N–H and O–H groups in total. The highest BCUT2D eigenvalue weighted by Gasteiger charge is 2.14. The van der Waals surface area contributed by atoms with Gasteiger partial charge >= 0.3 is 0 Å². The van der Waals surface area contributed by atoms with Crippen LogP contribution < -0.4 is 10.2 Å². The van der Waals surface area contributed by atoms with Gasteiger partial charge in [-0.25, -0.2) is 0 Å². The minimum Gasteiger partial charge on any atom is -0.378 e. The summed E-state index contributed by atoms with van der Waals surface area (Å²) < 4.78 is 5.37. The fourth-order valence-electron chi connectivity index (χ4n) is 2.36. The number of halogens is 1. The van der Waals surface area contributed by atoms with Gasteiger partial charge in [-0.2, -0.15) is 0 Å². The maximum atomic E-state index is 6.42. The van der Waals surface area contributed by atoms with E-state index in [1.807, 2.05) is 0 Å². The van der Waals surface area contributed by atoms with Crippen molar-refractivity contribution in [3.8, 4) is 0 Å². The van der Waals surface area contributed by atoms with Crippen LogP contribution in [0.3, 0.4) is 0 Å². The van der Waals surface area contributed by atoms with Gasteiger partial charge in [0.15, 0.2) is 0 Å². The van der Waals surface area contributed by atoms with E-state index in [0.717, 1.165) is 44.3 Å². The molecule has 3 nitrogen and oxygen atoms in total. The van der Waals surface area contributed by atoms with E-state index in [4.69, 9.17) is 16.3 Å². The van der Waals surface area contributed by atoms with E-state index in [0.29, 0.717) is 6.04 Å². The Morgan fingerprint density at radius 1 is 1.37 bits per heavy atom. The Morgan fingerprint density at radius 2 is 2.11 bits per heavy atom. The van der Waals surface area contributed by atoms with Gasteiger partial charge in [0.05, 0.1) is 13.2 Å². The molecule has 1 aromatic carbocycles. The van der Waals surface area contributed by atoms with Gasteiger partial charge in [-0.15, -0.1) is 0 Å². The molecule has 106 valence electrons. The van der Waals surface area contributed by atoms with Gasteiger partial charge in [-0.3, -0.25) is 0 Å². The van der Waals surface area contributed by atoms with Crippen LogP contribution in [-0.4, -0.2) is 32.8 Å². The first-order valence-electron chi connectivity index (χ1n) is 7.08. The summed E-state index contributed by atoms with van der Waals surface area (Å²) in [5.74, 6) is 0. The molecule has 0 saturated carbocycles. The first kappa shape index (κ1) is 14.6. The summed E-state index contributed by atoms with van der Waals surface area (Å²) in [7, 11) is 0. The molecule has 0 bridgehead atoms. The monoisotopic (exact) mass is 282 g/mol. The zero-order valence-corrected chi connectivity index (χ0v) is 12.5. The van der Waals surface area contributed by atoms with Crippen molar-refractivity contribution in [2.24, 2.45) is 0 Å². The topological polar surface area (TPSA) is 24.5 Å². The SMILES string of the molecule is CCCNC(C)c1ccc(N2CCOCC2)cc1Cl. The average molecular weight is 283 g/mol. The number of hydrogen-bond donors (Lipinski definition) is 1. The third kappa shape index (κ3) is 3.85. The van der Waals surface area contributed by atoms with Crippen LogP contribution in [0.1, 0.15) is 31.9 Å². The van der Waals surface area contributed by atoms with Crippen LogP contribution in [0.2, 0.25) is 5.02 Å². The summed E-state index contributed by atoms with van der Waals surface area (Å²) in [4.78, 5) is 2.32. The summed E-state index contributed by atoms with van der Waals surface area (Å²) in [5, 5.41) is 4.32. The smallest absolute Gasteiger partial charge is 0.0642 e. The lowest BCUT2D eigenvalue weighted by Gasteiger charge is -2.29. The van der Waals surface area contributed by atoms with Gasteiger partial charge in [0, 0.05) is 29.8 Å². The van der Waals surface area contributed by atoms with Crippen LogP contribution in [0.5, 0.6) is 0 Å². The van der Waals surface area contributed by atoms with Crippen LogP contribution in [0, 0.1) is 0 Å². The van der Waals surface area contributed by atoms with E-state index in [9.17, 15) is 0 Å². The molecule has 1 fully saturated rings. The Hall–Kier alpha value is -0.770. The van der Waals surface area contributed by atoms with E-state index in [2.05, 4.69) is 42.3 Å². The number of ether oxygens (including phenoxy) is 1. The summed E-state index contributed by atoms with van der Waals surface area (Å²) in [6.45, 7) is 8.83. The molecule has 19 heavy (non-hydrogen) atoms.